The highest BCUT2D eigenvalue weighted by atomic mass is 127. The van der Waals surface area contributed by atoms with Crippen LogP contribution in [0.4, 0.5) is 0 Å². The van der Waals surface area contributed by atoms with Crippen molar-refractivity contribution < 1.29 is 0 Å². The van der Waals surface area contributed by atoms with Crippen molar-refractivity contribution in [2.75, 3.05) is 13.6 Å². The van der Waals surface area contributed by atoms with Crippen LogP contribution in [0.25, 0.3) is 0 Å². The lowest BCUT2D eigenvalue weighted by molar-refractivity contribution is 0.229. The van der Waals surface area contributed by atoms with Crippen LogP contribution >= 0.6 is 24.0 Å². The largest absolute Gasteiger partial charge is 0.356 e. The second kappa shape index (κ2) is 12.6. The summed E-state index contributed by atoms with van der Waals surface area (Å²) in [6.07, 6.45) is 13.2. The van der Waals surface area contributed by atoms with E-state index >= 15 is 0 Å². The van der Waals surface area contributed by atoms with E-state index in [-0.39, 0.29) is 24.0 Å². The molecule has 0 aromatic carbocycles. The maximum atomic E-state index is 4.40. The van der Waals surface area contributed by atoms with Gasteiger partial charge in [-0.15, -0.1) is 24.0 Å². The first-order valence-electron chi connectivity index (χ1n) is 10.1. The summed E-state index contributed by atoms with van der Waals surface area (Å²) in [7, 11) is 1.86. The van der Waals surface area contributed by atoms with Gasteiger partial charge in [0.05, 0.1) is 0 Å². The first-order valence-corrected chi connectivity index (χ1v) is 10.1. The summed E-state index contributed by atoms with van der Waals surface area (Å²) in [5.74, 6) is 3.60. The Bertz CT molecular complexity index is 522. The van der Waals surface area contributed by atoms with Crippen LogP contribution in [0.3, 0.4) is 0 Å². The van der Waals surface area contributed by atoms with E-state index in [1.54, 1.807) is 0 Å². The summed E-state index contributed by atoms with van der Waals surface area (Å²) >= 11 is 0. The minimum Gasteiger partial charge on any atom is -0.356 e. The molecule has 1 saturated carbocycles. The molecule has 2 unspecified atom stereocenters. The van der Waals surface area contributed by atoms with E-state index in [2.05, 4.69) is 52.1 Å². The molecule has 1 heterocycles. The number of hydrogen-bond acceptors (Lipinski definition) is 2. The highest BCUT2D eigenvalue weighted by Crippen LogP contribution is 2.31. The lowest BCUT2D eigenvalue weighted by Gasteiger charge is -2.32. The number of rotatable bonds is 8. The Balaban J connectivity index is 0.00000338. The monoisotopic (exact) mass is 475 g/mol. The van der Waals surface area contributed by atoms with Crippen LogP contribution in [0.5, 0.6) is 0 Å². The molecule has 0 saturated heterocycles. The van der Waals surface area contributed by atoms with Crippen LogP contribution in [0.2, 0.25) is 0 Å². The van der Waals surface area contributed by atoms with Crippen molar-refractivity contribution in [3.8, 4) is 0 Å². The van der Waals surface area contributed by atoms with Gasteiger partial charge in [-0.25, -0.2) is 4.98 Å². The fourth-order valence-electron chi connectivity index (χ4n) is 3.86. The van der Waals surface area contributed by atoms with E-state index in [0.29, 0.717) is 12.0 Å². The van der Waals surface area contributed by atoms with Crippen molar-refractivity contribution in [1.82, 2.24) is 20.2 Å². The standard InChI is InChI=1S/C20H37N5.HI/c1-16(19-10-6-5-7-11-19)17(2)24-20(21-4)23-12-8-9-14-25-15-13-22-18(25)3;/h13,15-17,19H,5-12,14H2,1-4H3,(H2,21,23,24);1H. The summed E-state index contributed by atoms with van der Waals surface area (Å²) in [5, 5.41) is 7.07. The number of guanidine groups is 1. The third-order valence-electron chi connectivity index (χ3n) is 5.81. The molecular weight excluding hydrogens is 437 g/mol. The zero-order chi connectivity index (χ0) is 18.1. The van der Waals surface area contributed by atoms with Gasteiger partial charge in [0, 0.05) is 38.6 Å². The van der Waals surface area contributed by atoms with Crippen LogP contribution in [-0.2, 0) is 6.54 Å². The maximum absolute atomic E-state index is 4.40. The lowest BCUT2D eigenvalue weighted by atomic mass is 9.78. The first kappa shape index (κ1) is 23.2. The van der Waals surface area contributed by atoms with E-state index in [0.717, 1.165) is 43.6 Å². The van der Waals surface area contributed by atoms with Crippen molar-refractivity contribution in [1.29, 1.82) is 0 Å². The topological polar surface area (TPSA) is 54.2 Å². The predicted octanol–water partition coefficient (Wildman–Crippen LogP) is 4.36. The average Bonchev–Trinajstić information content (AvgIpc) is 3.05. The molecule has 0 spiro atoms. The molecule has 26 heavy (non-hydrogen) atoms. The normalized spacial score (nSPS) is 18.1. The van der Waals surface area contributed by atoms with E-state index in [4.69, 9.17) is 0 Å². The highest BCUT2D eigenvalue weighted by Gasteiger charge is 2.24. The van der Waals surface area contributed by atoms with Crippen LogP contribution in [-0.4, -0.2) is 35.1 Å². The van der Waals surface area contributed by atoms with Crippen LogP contribution in [0.1, 0.15) is 64.6 Å². The summed E-state index contributed by atoms with van der Waals surface area (Å²) < 4.78 is 2.21. The molecule has 1 aromatic heterocycles. The zero-order valence-corrected chi connectivity index (χ0v) is 19.3. The predicted molar refractivity (Wildman–Crippen MR) is 121 cm³/mol. The highest BCUT2D eigenvalue weighted by molar-refractivity contribution is 14.0. The quantitative estimate of drug-likeness (QED) is 0.254. The Morgan fingerprint density at radius 3 is 2.62 bits per heavy atom. The van der Waals surface area contributed by atoms with E-state index in [1.165, 1.54) is 32.1 Å². The van der Waals surface area contributed by atoms with E-state index in [1.807, 2.05) is 13.2 Å². The number of aromatic nitrogens is 2. The first-order chi connectivity index (χ1) is 12.1. The summed E-state index contributed by atoms with van der Waals surface area (Å²) in [5.41, 5.74) is 0. The Morgan fingerprint density at radius 1 is 1.27 bits per heavy atom. The number of hydrogen-bond donors (Lipinski definition) is 2. The third-order valence-corrected chi connectivity index (χ3v) is 5.81. The van der Waals surface area contributed by atoms with Crippen LogP contribution < -0.4 is 10.6 Å². The number of nitrogens with zero attached hydrogens (tertiary/aromatic N) is 3. The molecule has 2 N–H and O–H groups in total. The molecule has 0 radical (unpaired) electrons. The zero-order valence-electron chi connectivity index (χ0n) is 17.0. The minimum atomic E-state index is 0. The molecule has 150 valence electrons. The second-order valence-corrected chi connectivity index (χ2v) is 7.56. The van der Waals surface area contributed by atoms with Crippen LogP contribution in [0.15, 0.2) is 17.4 Å². The van der Waals surface area contributed by atoms with Gasteiger partial charge >= 0.3 is 0 Å². The Kier molecular flexibility index (Phi) is 11.2. The van der Waals surface area contributed by atoms with Crippen molar-refractivity contribution in [3.05, 3.63) is 18.2 Å². The number of nitrogens with one attached hydrogen (secondary N) is 2. The molecule has 1 aromatic rings. The van der Waals surface area contributed by atoms with Gasteiger partial charge in [0.2, 0.25) is 0 Å². The molecule has 1 aliphatic carbocycles. The Morgan fingerprint density at radius 2 is 2.00 bits per heavy atom. The van der Waals surface area contributed by atoms with E-state index in [9.17, 15) is 0 Å². The van der Waals surface area contributed by atoms with Crippen LogP contribution in [0, 0.1) is 18.8 Å². The van der Waals surface area contributed by atoms with Gasteiger partial charge in [-0.2, -0.15) is 0 Å². The van der Waals surface area contributed by atoms with Gasteiger partial charge in [0.25, 0.3) is 0 Å². The molecule has 5 nitrogen and oxygen atoms in total. The lowest BCUT2D eigenvalue weighted by Crippen LogP contribution is -2.46. The molecule has 6 heteroatoms. The number of aliphatic imine (C=N–C) groups is 1. The Hall–Kier alpha value is -0.790. The molecule has 1 aliphatic rings. The molecule has 2 rings (SSSR count). The van der Waals surface area contributed by atoms with Crippen molar-refractivity contribution in [3.63, 3.8) is 0 Å². The molecule has 2 atom stereocenters. The number of aryl methyl sites for hydroxylation is 2. The fraction of sp³-hybridized carbons (Fsp3) is 0.800. The van der Waals surface area contributed by atoms with Gasteiger partial charge in [-0.1, -0.05) is 39.0 Å². The Labute approximate surface area is 176 Å². The third kappa shape index (κ3) is 7.45. The minimum absolute atomic E-state index is 0. The summed E-state index contributed by atoms with van der Waals surface area (Å²) in [6.45, 7) is 8.74. The van der Waals surface area contributed by atoms with E-state index < -0.39 is 0 Å². The van der Waals surface area contributed by atoms with Crippen molar-refractivity contribution in [2.45, 2.75) is 78.3 Å². The second-order valence-electron chi connectivity index (χ2n) is 7.56. The molecule has 1 fully saturated rings. The maximum Gasteiger partial charge on any atom is 0.191 e. The van der Waals surface area contributed by atoms with Crippen molar-refractivity contribution >= 4 is 29.9 Å². The van der Waals surface area contributed by atoms with Gasteiger partial charge in [0.15, 0.2) is 5.96 Å². The smallest absolute Gasteiger partial charge is 0.191 e. The number of halogens is 1. The summed E-state index contributed by atoms with van der Waals surface area (Å²) in [6, 6.07) is 0.461. The van der Waals surface area contributed by atoms with Crippen molar-refractivity contribution in [2.24, 2.45) is 16.8 Å². The molecule has 0 bridgehead atoms. The summed E-state index contributed by atoms with van der Waals surface area (Å²) in [4.78, 5) is 8.66. The number of unbranched alkanes of at least 4 members (excludes halogenated alkanes) is 1. The molecular formula is C20H38IN5. The van der Waals surface area contributed by atoms with Gasteiger partial charge in [-0.3, -0.25) is 4.99 Å². The van der Waals surface area contributed by atoms with Gasteiger partial charge < -0.3 is 15.2 Å². The number of imidazole rings is 1. The van der Waals surface area contributed by atoms with Gasteiger partial charge in [-0.05, 0) is 38.5 Å². The SMILES string of the molecule is CN=C(NCCCCn1ccnc1C)NC(C)C(C)C1CCCCC1.I. The van der Waals surface area contributed by atoms with Gasteiger partial charge in [0.1, 0.15) is 5.82 Å². The average molecular weight is 475 g/mol. The molecule has 0 aliphatic heterocycles. The fourth-order valence-corrected chi connectivity index (χ4v) is 3.86. The molecule has 0 amide bonds.